The van der Waals surface area contributed by atoms with Crippen molar-refractivity contribution in [2.45, 2.75) is 166 Å². The molecule has 17 nitrogen and oxygen atoms in total. The molecule has 0 radical (unpaired) electrons. The molecule has 0 bridgehead atoms. The molecular formula is C50H76BN9O8. The van der Waals surface area contributed by atoms with Gasteiger partial charge >= 0.3 is 277 Å². The van der Waals surface area contributed by atoms with Crippen LogP contribution in [0.25, 0.3) is 11.0 Å². The Labute approximate surface area is 402 Å². The zero-order chi connectivity index (χ0) is 48.8. The summed E-state index contributed by atoms with van der Waals surface area (Å²) in [7, 11) is 2.61. The summed E-state index contributed by atoms with van der Waals surface area (Å²) < 4.78 is 9.70. The third kappa shape index (κ3) is 10.6. The molecule has 0 spiro atoms. The van der Waals surface area contributed by atoms with E-state index < -0.39 is 48.9 Å². The minimum absolute atomic E-state index is 0.0540. The van der Waals surface area contributed by atoms with Gasteiger partial charge in [-0.3, -0.25) is 4.90 Å². The molecule has 9 N–H and O–H groups in total. The van der Waals surface area contributed by atoms with E-state index in [0.717, 1.165) is 42.4 Å². The van der Waals surface area contributed by atoms with Crippen LogP contribution in [0.3, 0.4) is 0 Å². The van der Waals surface area contributed by atoms with Crippen LogP contribution in [0.1, 0.15) is 110 Å². The number of H-pyrrole nitrogens is 1. The molecule has 2 aromatic rings. The van der Waals surface area contributed by atoms with E-state index in [-0.39, 0.29) is 78.5 Å². The van der Waals surface area contributed by atoms with E-state index in [0.29, 0.717) is 18.7 Å². The molecule has 8 rings (SSSR count). The normalized spacial score (nSPS) is 32.4. The molecule has 1 aromatic heterocycles. The molecule has 6 aliphatic rings. The average Bonchev–Trinajstić information content (AvgIpc) is 4.15. The van der Waals surface area contributed by atoms with Crippen molar-refractivity contribution in [1.82, 2.24) is 45.9 Å². The Morgan fingerprint density at radius 2 is 1.51 bits per heavy atom. The molecule has 1 aromatic carbocycles. The fraction of sp³-hybridized carbons (Fsp3) is 0.680. The maximum absolute atomic E-state index is 12.2. The summed E-state index contributed by atoms with van der Waals surface area (Å²) in [5.74, 6) is 0.522. The zero-order valence-electron chi connectivity index (χ0n) is 41.3. The first-order valence-electron chi connectivity index (χ1n) is 24.8. The SMILES string of the molecule is COC(=O)N[C@@H](C(C)C)C(O)N1C[C@@H](O)CC1B=C1NC2C=CC([C@H]3CC[C@H](c4ccc5nc([C@@H]6C[C@H](O)CN6C(O)[C@@H](NC(=O)OC)C(C)C)[nH]c5c4)N3C3C=CC(C(C)(C)C)=CC3)CC2N1. The number of allylic oxidation sites excluding steroid dienone is 2. The number of rotatable bonds is 13. The molecule has 5 heterocycles. The first kappa shape index (κ1) is 50.1. The Morgan fingerprint density at radius 1 is 0.853 bits per heavy atom. The molecule has 14 atom stereocenters. The first-order valence-corrected chi connectivity index (χ1v) is 24.8. The Balaban J connectivity index is 1.01. The van der Waals surface area contributed by atoms with E-state index in [1.54, 1.807) is 0 Å². The molecular weight excluding hydrogens is 865 g/mol. The number of nitrogens with one attached hydrogen (secondary N) is 5. The Morgan fingerprint density at radius 3 is 2.15 bits per heavy atom. The van der Waals surface area contributed by atoms with Gasteiger partial charge in [-0.2, -0.15) is 0 Å². The number of aromatic amines is 1. The maximum atomic E-state index is 12.2. The Hall–Kier alpha value is -4.30. The van der Waals surface area contributed by atoms with Crippen LogP contribution in [0.2, 0.25) is 0 Å². The van der Waals surface area contributed by atoms with Crippen LogP contribution in [0.5, 0.6) is 0 Å². The van der Waals surface area contributed by atoms with Crippen molar-refractivity contribution >= 4 is 35.9 Å². The van der Waals surface area contributed by atoms with Gasteiger partial charge in [0.15, 0.2) is 0 Å². The Bertz CT molecular complexity index is 2240. The van der Waals surface area contributed by atoms with Crippen molar-refractivity contribution in [2.24, 2.45) is 23.2 Å². The Kier molecular flexibility index (Phi) is 15.2. The van der Waals surface area contributed by atoms with E-state index in [9.17, 15) is 30.0 Å². The molecule has 2 aliphatic carbocycles. The van der Waals surface area contributed by atoms with Gasteiger partial charge in [0, 0.05) is 6.54 Å². The predicted octanol–water partition coefficient (Wildman–Crippen LogP) is 3.57. The van der Waals surface area contributed by atoms with E-state index in [1.165, 1.54) is 25.4 Å². The number of ether oxygens (including phenoxy) is 2. The second kappa shape index (κ2) is 20.6. The third-order valence-corrected chi connectivity index (χ3v) is 15.4. The van der Waals surface area contributed by atoms with Gasteiger partial charge in [-0.15, -0.1) is 0 Å². The van der Waals surface area contributed by atoms with Gasteiger partial charge in [0.2, 0.25) is 0 Å². The molecule has 2 amide bonds. The van der Waals surface area contributed by atoms with Crippen LogP contribution in [-0.4, -0.2) is 164 Å². The second-order valence-electron chi connectivity index (χ2n) is 21.8. The van der Waals surface area contributed by atoms with Crippen LogP contribution < -0.4 is 21.3 Å². The number of nitrogens with zero attached hydrogens (tertiary/aromatic N) is 4. The molecule has 4 saturated heterocycles. The number of hydrogen-bond acceptors (Lipinski definition) is 14. The minimum atomic E-state index is -1.08. The number of aliphatic hydroxyl groups is 4. The number of carbonyl (C=O) groups excluding carboxylic acids is 2. The molecule has 7 unspecified atom stereocenters. The second-order valence-corrected chi connectivity index (χ2v) is 21.8. The number of aliphatic hydroxyl groups excluding tert-OH is 4. The van der Waals surface area contributed by atoms with Crippen molar-refractivity contribution < 1.29 is 39.5 Å². The molecule has 4 aliphatic heterocycles. The fourth-order valence-electron chi connectivity index (χ4n) is 11.8. The summed E-state index contributed by atoms with van der Waals surface area (Å²) in [5.41, 5.74) is 5.23. The monoisotopic (exact) mass is 942 g/mol. The van der Waals surface area contributed by atoms with Crippen molar-refractivity contribution in [3.8, 4) is 0 Å². The number of amides is 2. The molecule has 18 heteroatoms. The number of likely N-dealkylation sites (tertiary alicyclic amines) is 3. The summed E-state index contributed by atoms with van der Waals surface area (Å²) in [6.07, 6.45) is 12.0. The number of alkyl carbamates (subject to hydrolysis) is 2. The van der Waals surface area contributed by atoms with Gasteiger partial charge in [0.05, 0.1) is 25.3 Å². The van der Waals surface area contributed by atoms with Crippen LogP contribution in [0.15, 0.2) is 54.2 Å². The van der Waals surface area contributed by atoms with Crippen molar-refractivity contribution in [2.75, 3.05) is 27.3 Å². The van der Waals surface area contributed by atoms with Crippen LogP contribution >= 0.6 is 0 Å². The summed E-state index contributed by atoms with van der Waals surface area (Å²) in [4.78, 5) is 39.5. The standard InChI is InChI=1S/C50H76BN9O8/c1-26(2)42(56-48(65)67-8)45(63)58-24-32(61)22-40(58)44-52-34-16-10-28(20-36(34)53-44)38-18-19-39(60(38)31-14-12-30(13-15-31)50(5,6)7)29-11-17-35-37(21-29)55-47(54-35)51-41-23-33(62)25-59(41)46(64)43(27(3)4)57-49(66)68-9/h10-14,16-17,20,26-27,29,31-33,35,37-43,45-46,54-55,61-64H,15,18-19,21-25H2,1-9H3,(H,52,53)(H,56,65)(H,57,66)/t29?,31?,32-,33-,35?,37?,38+,39+,40-,41?,42-,43-,45?,46?/m0/s1. The van der Waals surface area contributed by atoms with Gasteiger partial charge in [-0.05, 0) is 12.3 Å². The van der Waals surface area contributed by atoms with Gasteiger partial charge in [0.1, 0.15) is 12.1 Å². The van der Waals surface area contributed by atoms with Gasteiger partial charge in [0.25, 0.3) is 0 Å². The van der Waals surface area contributed by atoms with Crippen molar-refractivity contribution in [3.05, 3.63) is 65.5 Å². The molecule has 372 valence electrons. The molecule has 4 fully saturated rings. The number of β-amino-alcohol motifs (C(OH)–C–C–N with tert-alkyl or cyclic N) is 2. The quantitative estimate of drug-likeness (QED) is 0.104. The topological polar surface area (TPSA) is 220 Å². The third-order valence-electron chi connectivity index (χ3n) is 15.4. The van der Waals surface area contributed by atoms with Crippen LogP contribution in [0.4, 0.5) is 9.59 Å². The van der Waals surface area contributed by atoms with Crippen LogP contribution in [0, 0.1) is 23.2 Å². The first-order chi connectivity index (χ1) is 32.3. The van der Waals surface area contributed by atoms with Crippen LogP contribution in [-0.2, 0) is 9.47 Å². The summed E-state index contributed by atoms with van der Waals surface area (Å²) in [5, 5.41) is 57.9. The summed E-state index contributed by atoms with van der Waals surface area (Å²) >= 11 is 0. The summed E-state index contributed by atoms with van der Waals surface area (Å²) in [6.45, 7) is 17.1. The van der Waals surface area contributed by atoms with Crippen molar-refractivity contribution in [3.63, 3.8) is 0 Å². The number of imidazole rings is 1. The average molecular weight is 942 g/mol. The van der Waals surface area contributed by atoms with E-state index in [2.05, 4.69) is 107 Å². The molecule has 68 heavy (non-hydrogen) atoms. The zero-order valence-corrected chi connectivity index (χ0v) is 41.3. The van der Waals surface area contributed by atoms with E-state index >= 15 is 0 Å². The fourth-order valence-corrected chi connectivity index (χ4v) is 11.8. The van der Waals surface area contributed by atoms with Gasteiger partial charge in [-0.1, -0.05) is 34.6 Å². The van der Waals surface area contributed by atoms with Gasteiger partial charge in [-0.25, -0.2) is 9.78 Å². The number of hydrogen-bond donors (Lipinski definition) is 9. The summed E-state index contributed by atoms with van der Waals surface area (Å²) in [6, 6.07) is 5.83. The predicted molar refractivity (Wildman–Crippen MR) is 262 cm³/mol. The van der Waals surface area contributed by atoms with Crippen molar-refractivity contribution in [1.29, 1.82) is 0 Å². The number of aromatic nitrogens is 2. The van der Waals surface area contributed by atoms with Gasteiger partial charge < -0.3 is 20.3 Å². The number of carbonyl (C=O) groups is 2. The van der Waals surface area contributed by atoms with E-state index in [1.807, 2.05) is 37.5 Å². The number of methoxy groups -OCH3 is 2. The molecule has 0 saturated carbocycles. The number of benzene rings is 1. The number of fused-ring (bicyclic) bond motifs is 2. The van der Waals surface area contributed by atoms with E-state index in [4.69, 9.17) is 14.5 Å².